The van der Waals surface area contributed by atoms with Crippen molar-refractivity contribution in [2.24, 2.45) is 5.41 Å². The summed E-state index contributed by atoms with van der Waals surface area (Å²) >= 11 is 0. The molecule has 0 bridgehead atoms. The molecule has 2 fully saturated rings. The van der Waals surface area contributed by atoms with Crippen LogP contribution in [0.2, 0.25) is 0 Å². The number of hydrogen-bond donors (Lipinski definition) is 0. The molecule has 0 N–H and O–H groups in total. The second-order valence-corrected chi connectivity index (χ2v) is 3.60. The highest BCUT2D eigenvalue weighted by Gasteiger charge is 2.47. The van der Waals surface area contributed by atoms with Crippen LogP contribution in [0.25, 0.3) is 0 Å². The van der Waals surface area contributed by atoms with Crippen molar-refractivity contribution in [2.45, 2.75) is 31.5 Å². The minimum atomic E-state index is 0.178. The minimum absolute atomic E-state index is 0.178. The molecule has 2 aliphatic rings. The van der Waals surface area contributed by atoms with Crippen LogP contribution in [0.15, 0.2) is 25.3 Å². The summed E-state index contributed by atoms with van der Waals surface area (Å²) in [5.74, 6) is 0. The number of hydrogen-bond acceptors (Lipinski definition) is 1. The number of rotatable bonds is 2. The molecule has 1 aliphatic heterocycles. The van der Waals surface area contributed by atoms with Crippen LogP contribution in [0.1, 0.15) is 19.3 Å². The van der Waals surface area contributed by atoms with Crippen molar-refractivity contribution in [3.05, 3.63) is 25.3 Å². The number of ether oxygens (including phenoxy) is 1. The first-order valence-electron chi connectivity index (χ1n) is 4.22. The van der Waals surface area contributed by atoms with Gasteiger partial charge in [-0.1, -0.05) is 12.2 Å². The number of allylic oxidation sites excluding steroid dienone is 2. The van der Waals surface area contributed by atoms with E-state index in [4.69, 9.17) is 4.74 Å². The molecule has 0 aromatic heterocycles. The normalized spacial score (nSPS) is 38.9. The molecule has 1 heterocycles. The molecule has 60 valence electrons. The Labute approximate surface area is 67.7 Å². The molecule has 0 spiro atoms. The molecule has 1 aliphatic carbocycles. The molecule has 1 nitrogen and oxygen atoms in total. The van der Waals surface area contributed by atoms with Crippen LogP contribution in [-0.2, 0) is 4.74 Å². The highest BCUT2D eigenvalue weighted by atomic mass is 16.6. The Morgan fingerprint density at radius 1 is 1.27 bits per heavy atom. The van der Waals surface area contributed by atoms with Gasteiger partial charge in [0.1, 0.15) is 0 Å². The van der Waals surface area contributed by atoms with Crippen molar-refractivity contribution in [3.63, 3.8) is 0 Å². The fourth-order valence-corrected chi connectivity index (χ4v) is 1.95. The summed E-state index contributed by atoms with van der Waals surface area (Å²) in [6.07, 6.45) is 8.59. The van der Waals surface area contributed by atoms with Gasteiger partial charge in [0.05, 0.1) is 12.2 Å². The molecule has 2 atom stereocenters. The summed E-state index contributed by atoms with van der Waals surface area (Å²) in [7, 11) is 0. The van der Waals surface area contributed by atoms with E-state index in [2.05, 4.69) is 13.2 Å². The highest BCUT2D eigenvalue weighted by molar-refractivity contribution is 5.13. The molecule has 11 heavy (non-hydrogen) atoms. The van der Waals surface area contributed by atoms with Gasteiger partial charge >= 0.3 is 0 Å². The Balaban J connectivity index is 2.11. The molecule has 1 saturated carbocycles. The van der Waals surface area contributed by atoms with Crippen LogP contribution >= 0.6 is 0 Å². The molecule has 0 radical (unpaired) electrons. The fraction of sp³-hybridized carbons (Fsp3) is 0.600. The molecule has 0 aromatic carbocycles. The lowest BCUT2D eigenvalue weighted by Gasteiger charge is -2.28. The maximum atomic E-state index is 5.44. The van der Waals surface area contributed by atoms with E-state index in [-0.39, 0.29) is 5.41 Å². The Bertz CT molecular complexity index is 187. The van der Waals surface area contributed by atoms with Crippen LogP contribution < -0.4 is 0 Å². The van der Waals surface area contributed by atoms with Gasteiger partial charge in [0.15, 0.2) is 0 Å². The van der Waals surface area contributed by atoms with E-state index in [0.29, 0.717) is 12.2 Å². The van der Waals surface area contributed by atoms with Crippen molar-refractivity contribution >= 4 is 0 Å². The zero-order valence-corrected chi connectivity index (χ0v) is 6.75. The quantitative estimate of drug-likeness (QED) is 0.434. The van der Waals surface area contributed by atoms with Crippen molar-refractivity contribution < 1.29 is 4.74 Å². The van der Waals surface area contributed by atoms with Crippen LogP contribution in [0.3, 0.4) is 0 Å². The first kappa shape index (κ1) is 7.11. The standard InChI is InChI=1S/C10H14O/c1-3-10(4-2)6-5-8-9(7-10)11-8/h3-4,8-9H,1-2,5-7H2. The molecular formula is C10H14O. The zero-order chi connectivity index (χ0) is 7.90. The molecule has 1 heteroatoms. The first-order chi connectivity index (χ1) is 5.29. The molecule has 2 unspecified atom stereocenters. The van der Waals surface area contributed by atoms with Gasteiger partial charge in [-0.25, -0.2) is 0 Å². The Morgan fingerprint density at radius 3 is 2.55 bits per heavy atom. The second-order valence-electron chi connectivity index (χ2n) is 3.60. The molecule has 0 aromatic rings. The lowest BCUT2D eigenvalue weighted by atomic mass is 9.74. The summed E-state index contributed by atoms with van der Waals surface area (Å²) in [4.78, 5) is 0. The smallest absolute Gasteiger partial charge is 0.0853 e. The van der Waals surface area contributed by atoms with Crippen molar-refractivity contribution in [1.82, 2.24) is 0 Å². The van der Waals surface area contributed by atoms with Gasteiger partial charge < -0.3 is 4.74 Å². The predicted molar refractivity (Wildman–Crippen MR) is 45.3 cm³/mol. The summed E-state index contributed by atoms with van der Waals surface area (Å²) in [5, 5.41) is 0. The monoisotopic (exact) mass is 150 g/mol. The highest BCUT2D eigenvalue weighted by Crippen LogP contribution is 2.47. The Morgan fingerprint density at radius 2 is 2.00 bits per heavy atom. The van der Waals surface area contributed by atoms with Crippen molar-refractivity contribution in [1.29, 1.82) is 0 Å². The van der Waals surface area contributed by atoms with E-state index >= 15 is 0 Å². The third-order valence-corrected chi connectivity index (χ3v) is 2.98. The average molecular weight is 150 g/mol. The van der Waals surface area contributed by atoms with Crippen molar-refractivity contribution in [2.75, 3.05) is 0 Å². The minimum Gasteiger partial charge on any atom is -0.370 e. The van der Waals surface area contributed by atoms with E-state index in [1.54, 1.807) is 0 Å². The molecule has 2 rings (SSSR count). The fourth-order valence-electron chi connectivity index (χ4n) is 1.95. The van der Waals surface area contributed by atoms with E-state index in [0.717, 1.165) is 6.42 Å². The van der Waals surface area contributed by atoms with Gasteiger partial charge in [0.25, 0.3) is 0 Å². The lowest BCUT2D eigenvalue weighted by molar-refractivity contribution is 0.345. The van der Waals surface area contributed by atoms with Gasteiger partial charge in [-0.3, -0.25) is 0 Å². The summed E-state index contributed by atoms with van der Waals surface area (Å²) < 4.78 is 5.44. The first-order valence-corrected chi connectivity index (χ1v) is 4.22. The third-order valence-electron chi connectivity index (χ3n) is 2.98. The molecule has 0 amide bonds. The maximum Gasteiger partial charge on any atom is 0.0853 e. The third kappa shape index (κ3) is 1.04. The largest absolute Gasteiger partial charge is 0.370 e. The number of fused-ring (bicyclic) bond motifs is 1. The van der Waals surface area contributed by atoms with Crippen LogP contribution in [0.4, 0.5) is 0 Å². The van der Waals surface area contributed by atoms with Crippen LogP contribution in [0.5, 0.6) is 0 Å². The second kappa shape index (κ2) is 2.21. The van der Waals surface area contributed by atoms with E-state index in [1.807, 2.05) is 12.2 Å². The SMILES string of the molecule is C=CC1(C=C)CCC2OC2C1. The molecular weight excluding hydrogens is 136 g/mol. The predicted octanol–water partition coefficient (Wildman–Crippen LogP) is 2.30. The van der Waals surface area contributed by atoms with Crippen LogP contribution in [0, 0.1) is 5.41 Å². The average Bonchev–Trinajstić information content (AvgIpc) is 2.81. The Kier molecular flexibility index (Phi) is 1.43. The van der Waals surface area contributed by atoms with E-state index in [9.17, 15) is 0 Å². The van der Waals surface area contributed by atoms with E-state index < -0.39 is 0 Å². The Hall–Kier alpha value is -0.560. The zero-order valence-electron chi connectivity index (χ0n) is 6.75. The summed E-state index contributed by atoms with van der Waals surface area (Å²) in [6.45, 7) is 7.71. The van der Waals surface area contributed by atoms with Crippen LogP contribution in [-0.4, -0.2) is 12.2 Å². The topological polar surface area (TPSA) is 12.5 Å². The van der Waals surface area contributed by atoms with Gasteiger partial charge in [0.2, 0.25) is 0 Å². The summed E-state index contributed by atoms with van der Waals surface area (Å²) in [6, 6.07) is 0. The van der Waals surface area contributed by atoms with Crippen molar-refractivity contribution in [3.8, 4) is 0 Å². The van der Waals surface area contributed by atoms with Gasteiger partial charge in [-0.2, -0.15) is 0 Å². The lowest BCUT2D eigenvalue weighted by Crippen LogP contribution is -2.23. The maximum absolute atomic E-state index is 5.44. The number of epoxide rings is 1. The van der Waals surface area contributed by atoms with Gasteiger partial charge in [-0.15, -0.1) is 13.2 Å². The van der Waals surface area contributed by atoms with E-state index in [1.165, 1.54) is 12.8 Å². The van der Waals surface area contributed by atoms with Gasteiger partial charge in [-0.05, 0) is 19.3 Å². The van der Waals surface area contributed by atoms with Gasteiger partial charge in [0, 0.05) is 5.41 Å². The molecule has 1 saturated heterocycles. The summed E-state index contributed by atoms with van der Waals surface area (Å²) in [5.41, 5.74) is 0.178.